The second kappa shape index (κ2) is 7.67. The van der Waals surface area contributed by atoms with E-state index in [4.69, 9.17) is 4.74 Å². The molecule has 8 heteroatoms. The van der Waals surface area contributed by atoms with Crippen molar-refractivity contribution in [1.82, 2.24) is 15.1 Å². The Labute approximate surface area is 180 Å². The number of fused-ring (bicyclic) bond motifs is 1. The highest BCUT2D eigenvalue weighted by molar-refractivity contribution is 6.05. The van der Waals surface area contributed by atoms with Gasteiger partial charge in [-0.1, -0.05) is 13.0 Å². The number of halogens is 1. The first-order chi connectivity index (χ1) is 14.8. The van der Waals surface area contributed by atoms with Crippen LogP contribution >= 0.6 is 0 Å². The van der Waals surface area contributed by atoms with E-state index in [0.29, 0.717) is 17.5 Å². The molecule has 31 heavy (non-hydrogen) atoms. The summed E-state index contributed by atoms with van der Waals surface area (Å²) < 4.78 is 20.4. The van der Waals surface area contributed by atoms with Crippen molar-refractivity contribution < 1.29 is 23.5 Å². The van der Waals surface area contributed by atoms with Gasteiger partial charge in [0.2, 0.25) is 11.8 Å². The molecule has 3 amide bonds. The maximum atomic E-state index is 15.0. The fraction of sp³-hybridized carbons (Fsp3) is 0.609. The zero-order chi connectivity index (χ0) is 21.8. The van der Waals surface area contributed by atoms with Crippen molar-refractivity contribution in [3.05, 3.63) is 34.6 Å². The SMILES string of the molecule is CC1(CN2CCC(c3cc4c(cc3F)C(=O)N(C3CCC(=O)NC3=O)C4)CC2)COC1. The van der Waals surface area contributed by atoms with Crippen LogP contribution in [-0.4, -0.2) is 66.4 Å². The van der Waals surface area contributed by atoms with Crippen LogP contribution in [0.1, 0.15) is 60.0 Å². The molecule has 0 spiro atoms. The minimum atomic E-state index is -0.677. The van der Waals surface area contributed by atoms with Crippen LogP contribution in [0.4, 0.5) is 4.39 Å². The lowest BCUT2D eigenvalue weighted by Gasteiger charge is -2.43. The van der Waals surface area contributed by atoms with E-state index >= 15 is 4.39 Å². The van der Waals surface area contributed by atoms with E-state index in [1.54, 1.807) is 0 Å². The van der Waals surface area contributed by atoms with Crippen molar-refractivity contribution in [2.75, 3.05) is 32.8 Å². The molecule has 0 saturated carbocycles. The summed E-state index contributed by atoms with van der Waals surface area (Å²) in [5.41, 5.74) is 2.02. The summed E-state index contributed by atoms with van der Waals surface area (Å²) in [5, 5.41) is 2.30. The van der Waals surface area contributed by atoms with Gasteiger partial charge in [-0.25, -0.2) is 4.39 Å². The van der Waals surface area contributed by atoms with E-state index in [1.807, 2.05) is 6.07 Å². The van der Waals surface area contributed by atoms with Gasteiger partial charge in [-0.2, -0.15) is 0 Å². The average Bonchev–Trinajstić information content (AvgIpc) is 3.02. The van der Waals surface area contributed by atoms with E-state index < -0.39 is 11.9 Å². The van der Waals surface area contributed by atoms with Crippen LogP contribution in [0.3, 0.4) is 0 Å². The molecule has 4 heterocycles. The van der Waals surface area contributed by atoms with Crippen molar-refractivity contribution in [3.63, 3.8) is 0 Å². The number of piperidine rings is 2. The molecular weight excluding hydrogens is 401 g/mol. The highest BCUT2D eigenvalue weighted by Gasteiger charge is 2.40. The Morgan fingerprint density at radius 1 is 1.16 bits per heavy atom. The zero-order valence-electron chi connectivity index (χ0n) is 17.8. The quantitative estimate of drug-likeness (QED) is 0.739. The molecule has 0 radical (unpaired) electrons. The van der Waals surface area contributed by atoms with Gasteiger partial charge in [-0.05, 0) is 55.5 Å². The van der Waals surface area contributed by atoms with Crippen LogP contribution in [0, 0.1) is 11.2 Å². The highest BCUT2D eigenvalue weighted by Crippen LogP contribution is 2.36. The number of hydrogen-bond acceptors (Lipinski definition) is 5. The minimum Gasteiger partial charge on any atom is -0.380 e. The molecule has 1 aromatic rings. The lowest BCUT2D eigenvalue weighted by atomic mass is 9.84. The molecule has 0 aromatic heterocycles. The zero-order valence-corrected chi connectivity index (χ0v) is 17.8. The molecule has 166 valence electrons. The molecule has 1 atom stereocenters. The third kappa shape index (κ3) is 3.76. The second-order valence-electron chi connectivity index (χ2n) is 9.78. The maximum absolute atomic E-state index is 15.0. The molecule has 5 rings (SSSR count). The number of benzene rings is 1. The van der Waals surface area contributed by atoms with Gasteiger partial charge in [-0.3, -0.25) is 19.7 Å². The highest BCUT2D eigenvalue weighted by atomic mass is 19.1. The number of carbonyl (C=O) groups is 3. The molecule has 7 nitrogen and oxygen atoms in total. The summed E-state index contributed by atoms with van der Waals surface area (Å²) in [4.78, 5) is 40.4. The molecule has 4 aliphatic heterocycles. The summed E-state index contributed by atoms with van der Waals surface area (Å²) in [5.74, 6) is -1.30. The smallest absolute Gasteiger partial charge is 0.255 e. The minimum absolute atomic E-state index is 0.131. The molecule has 1 N–H and O–H groups in total. The van der Waals surface area contributed by atoms with E-state index in [9.17, 15) is 14.4 Å². The van der Waals surface area contributed by atoms with Crippen LogP contribution in [-0.2, 0) is 20.9 Å². The van der Waals surface area contributed by atoms with Crippen LogP contribution in [0.5, 0.6) is 0 Å². The number of hydrogen-bond donors (Lipinski definition) is 1. The summed E-state index contributed by atoms with van der Waals surface area (Å²) >= 11 is 0. The number of nitrogens with one attached hydrogen (secondary N) is 1. The van der Waals surface area contributed by atoms with Crippen molar-refractivity contribution in [2.24, 2.45) is 5.41 Å². The number of nitrogens with zero attached hydrogens (tertiary/aromatic N) is 2. The number of rotatable bonds is 4. The fourth-order valence-electron chi connectivity index (χ4n) is 5.40. The van der Waals surface area contributed by atoms with Crippen LogP contribution in [0.15, 0.2) is 12.1 Å². The predicted octanol–water partition coefficient (Wildman–Crippen LogP) is 1.80. The molecule has 3 saturated heterocycles. The molecule has 1 unspecified atom stereocenters. The Kier molecular flexibility index (Phi) is 5.09. The van der Waals surface area contributed by atoms with Gasteiger partial charge in [0.05, 0.1) is 13.2 Å². The molecule has 0 aliphatic carbocycles. The lowest BCUT2D eigenvalue weighted by Crippen LogP contribution is -2.52. The summed E-state index contributed by atoms with van der Waals surface area (Å²) in [6.07, 6.45) is 2.29. The molecule has 0 bridgehead atoms. The maximum Gasteiger partial charge on any atom is 0.255 e. The standard InChI is InChI=1S/C23H28FN3O4/c1-23(12-31-13-23)11-26-6-4-14(5-7-26)16-8-15-10-27(22(30)17(15)9-18(16)24)19-2-3-20(28)25-21(19)29/h8-9,14,19H,2-7,10-13H2,1H3,(H,25,28,29). The van der Waals surface area contributed by atoms with Crippen molar-refractivity contribution >= 4 is 17.7 Å². The van der Waals surface area contributed by atoms with Gasteiger partial charge in [0.25, 0.3) is 5.91 Å². The Bertz CT molecular complexity index is 937. The van der Waals surface area contributed by atoms with Crippen molar-refractivity contribution in [2.45, 2.75) is 51.1 Å². The summed E-state index contributed by atoms with van der Waals surface area (Å²) in [6, 6.07) is 2.50. The topological polar surface area (TPSA) is 79.0 Å². The molecule has 1 aromatic carbocycles. The van der Waals surface area contributed by atoms with Gasteiger partial charge in [0.1, 0.15) is 11.9 Å². The predicted molar refractivity (Wildman–Crippen MR) is 110 cm³/mol. The Balaban J connectivity index is 1.28. The van der Waals surface area contributed by atoms with E-state index in [1.165, 1.54) is 11.0 Å². The number of imide groups is 1. The normalized spacial score (nSPS) is 26.6. The Morgan fingerprint density at radius 3 is 2.55 bits per heavy atom. The number of ether oxygens (including phenoxy) is 1. The fourth-order valence-corrected chi connectivity index (χ4v) is 5.40. The first-order valence-corrected chi connectivity index (χ1v) is 11.1. The van der Waals surface area contributed by atoms with Gasteiger partial charge < -0.3 is 14.5 Å². The largest absolute Gasteiger partial charge is 0.380 e. The molecular formula is C23H28FN3O4. The Morgan fingerprint density at radius 2 is 1.90 bits per heavy atom. The van der Waals surface area contributed by atoms with Crippen LogP contribution < -0.4 is 5.32 Å². The van der Waals surface area contributed by atoms with Gasteiger partial charge in [0, 0.05) is 30.5 Å². The third-order valence-electron chi connectivity index (χ3n) is 7.17. The van der Waals surface area contributed by atoms with E-state index in [-0.39, 0.29) is 41.9 Å². The summed E-state index contributed by atoms with van der Waals surface area (Å²) in [6.45, 7) is 7.02. The van der Waals surface area contributed by atoms with Crippen molar-refractivity contribution in [3.8, 4) is 0 Å². The number of amides is 3. The molecule has 3 fully saturated rings. The average molecular weight is 429 g/mol. The Hall–Kier alpha value is -2.32. The van der Waals surface area contributed by atoms with Gasteiger partial charge in [-0.15, -0.1) is 0 Å². The number of likely N-dealkylation sites (tertiary alicyclic amines) is 1. The van der Waals surface area contributed by atoms with E-state index in [0.717, 1.165) is 51.3 Å². The van der Waals surface area contributed by atoms with E-state index in [2.05, 4.69) is 17.1 Å². The first kappa shape index (κ1) is 20.6. The summed E-state index contributed by atoms with van der Waals surface area (Å²) in [7, 11) is 0. The lowest BCUT2D eigenvalue weighted by molar-refractivity contribution is -0.136. The number of carbonyl (C=O) groups excluding carboxylic acids is 3. The van der Waals surface area contributed by atoms with Crippen molar-refractivity contribution in [1.29, 1.82) is 0 Å². The second-order valence-corrected chi connectivity index (χ2v) is 9.78. The van der Waals surface area contributed by atoms with Crippen LogP contribution in [0.25, 0.3) is 0 Å². The first-order valence-electron chi connectivity index (χ1n) is 11.1. The van der Waals surface area contributed by atoms with Gasteiger partial charge in [0.15, 0.2) is 0 Å². The monoisotopic (exact) mass is 429 g/mol. The molecule has 4 aliphatic rings. The van der Waals surface area contributed by atoms with Crippen LogP contribution in [0.2, 0.25) is 0 Å². The third-order valence-corrected chi connectivity index (χ3v) is 7.17. The van der Waals surface area contributed by atoms with Gasteiger partial charge >= 0.3 is 0 Å².